The van der Waals surface area contributed by atoms with Gasteiger partial charge in [0.25, 0.3) is 0 Å². The lowest BCUT2D eigenvalue weighted by atomic mass is 10.2. The van der Waals surface area contributed by atoms with Crippen LogP contribution in [0, 0.1) is 0 Å². The minimum Gasteiger partial charge on any atom is -0.377 e. The van der Waals surface area contributed by atoms with Gasteiger partial charge in [-0.1, -0.05) is 30.3 Å². The molecule has 0 spiro atoms. The number of benzene rings is 1. The van der Waals surface area contributed by atoms with Crippen LogP contribution in [-0.2, 0) is 16.1 Å². The number of hydrogen-bond donors (Lipinski definition) is 2. The third-order valence-corrected chi connectivity index (χ3v) is 2.29. The second-order valence-corrected chi connectivity index (χ2v) is 3.97. The van der Waals surface area contributed by atoms with Gasteiger partial charge >= 0.3 is 0 Å². The summed E-state index contributed by atoms with van der Waals surface area (Å²) in [6.45, 7) is 3.52. The van der Waals surface area contributed by atoms with Gasteiger partial charge in [0.15, 0.2) is 0 Å². The molecule has 4 heteroatoms. The molecule has 1 rings (SSSR count). The third kappa shape index (κ3) is 6.04. The van der Waals surface area contributed by atoms with Crippen LogP contribution in [0.25, 0.3) is 0 Å². The molecule has 1 atom stereocenters. The Balaban J connectivity index is 2.00. The molecule has 0 aliphatic carbocycles. The van der Waals surface area contributed by atoms with Crippen molar-refractivity contribution in [3.63, 3.8) is 0 Å². The first-order valence-corrected chi connectivity index (χ1v) is 5.85. The number of carbonyl (C=O) groups excluding carboxylic acids is 1. The molecule has 0 bridgehead atoms. The van der Waals surface area contributed by atoms with Gasteiger partial charge < -0.3 is 15.8 Å². The third-order valence-electron chi connectivity index (χ3n) is 2.29. The van der Waals surface area contributed by atoms with E-state index in [0.29, 0.717) is 19.8 Å². The van der Waals surface area contributed by atoms with Crippen molar-refractivity contribution in [1.82, 2.24) is 5.32 Å². The maximum absolute atomic E-state index is 11.1. The molecule has 1 aromatic carbocycles. The van der Waals surface area contributed by atoms with E-state index in [1.54, 1.807) is 6.92 Å². The lowest BCUT2D eigenvalue weighted by molar-refractivity contribution is -0.122. The van der Waals surface area contributed by atoms with E-state index >= 15 is 0 Å². The van der Waals surface area contributed by atoms with Crippen LogP contribution < -0.4 is 11.1 Å². The van der Waals surface area contributed by atoms with Crippen molar-refractivity contribution >= 4 is 5.91 Å². The zero-order valence-electron chi connectivity index (χ0n) is 10.2. The lowest BCUT2D eigenvalue weighted by Gasteiger charge is -2.08. The van der Waals surface area contributed by atoms with Crippen molar-refractivity contribution in [3.8, 4) is 0 Å². The Morgan fingerprint density at radius 2 is 2.12 bits per heavy atom. The number of ether oxygens (including phenoxy) is 1. The maximum atomic E-state index is 11.1. The summed E-state index contributed by atoms with van der Waals surface area (Å²) in [5.74, 6) is -0.118. The minimum atomic E-state index is -0.444. The molecule has 0 aromatic heterocycles. The van der Waals surface area contributed by atoms with Gasteiger partial charge in [-0.3, -0.25) is 4.79 Å². The number of carbonyl (C=O) groups is 1. The first-order chi connectivity index (χ1) is 8.20. The number of nitrogens with two attached hydrogens (primary N) is 1. The molecule has 17 heavy (non-hydrogen) atoms. The van der Waals surface area contributed by atoms with E-state index in [-0.39, 0.29) is 5.91 Å². The van der Waals surface area contributed by atoms with Gasteiger partial charge in [-0.2, -0.15) is 0 Å². The molecule has 1 aromatic rings. The summed E-state index contributed by atoms with van der Waals surface area (Å²) in [4.78, 5) is 11.1. The normalized spacial score (nSPS) is 12.1. The largest absolute Gasteiger partial charge is 0.377 e. The Morgan fingerprint density at radius 1 is 1.41 bits per heavy atom. The van der Waals surface area contributed by atoms with E-state index in [1.807, 2.05) is 30.3 Å². The number of nitrogens with one attached hydrogen (secondary N) is 1. The summed E-state index contributed by atoms with van der Waals surface area (Å²) in [6, 6.07) is 9.56. The first-order valence-electron chi connectivity index (χ1n) is 5.85. The highest BCUT2D eigenvalue weighted by atomic mass is 16.5. The van der Waals surface area contributed by atoms with E-state index in [1.165, 1.54) is 0 Å². The highest BCUT2D eigenvalue weighted by molar-refractivity contribution is 5.80. The molecule has 0 fully saturated rings. The summed E-state index contributed by atoms with van der Waals surface area (Å²) in [6.07, 6.45) is 0.797. The molecule has 0 heterocycles. The molecule has 0 saturated carbocycles. The Hall–Kier alpha value is -1.39. The fraction of sp³-hybridized carbons (Fsp3) is 0.462. The van der Waals surface area contributed by atoms with Crippen LogP contribution in [-0.4, -0.2) is 25.1 Å². The van der Waals surface area contributed by atoms with Gasteiger partial charge in [-0.25, -0.2) is 0 Å². The van der Waals surface area contributed by atoms with Crippen LogP contribution in [0.4, 0.5) is 0 Å². The molecule has 3 N–H and O–H groups in total. The van der Waals surface area contributed by atoms with Crippen LogP contribution in [0.5, 0.6) is 0 Å². The van der Waals surface area contributed by atoms with Crippen molar-refractivity contribution in [2.24, 2.45) is 5.73 Å². The fourth-order valence-corrected chi connectivity index (χ4v) is 1.31. The zero-order valence-corrected chi connectivity index (χ0v) is 10.2. The Bertz CT molecular complexity index is 325. The molecule has 94 valence electrons. The smallest absolute Gasteiger partial charge is 0.236 e. The first kappa shape index (κ1) is 13.7. The second-order valence-electron chi connectivity index (χ2n) is 3.97. The minimum absolute atomic E-state index is 0.118. The summed E-state index contributed by atoms with van der Waals surface area (Å²) in [5.41, 5.74) is 6.57. The predicted octanol–water partition coefficient (Wildman–Crippen LogP) is 1.06. The molecule has 0 aliphatic rings. The quantitative estimate of drug-likeness (QED) is 0.696. The van der Waals surface area contributed by atoms with Crippen LogP contribution in [0.3, 0.4) is 0 Å². The van der Waals surface area contributed by atoms with E-state index in [4.69, 9.17) is 10.5 Å². The summed E-state index contributed by atoms with van der Waals surface area (Å²) in [7, 11) is 0. The van der Waals surface area contributed by atoms with Crippen LogP contribution in [0.15, 0.2) is 30.3 Å². The predicted molar refractivity (Wildman–Crippen MR) is 67.4 cm³/mol. The van der Waals surface area contributed by atoms with Crippen molar-refractivity contribution < 1.29 is 9.53 Å². The summed E-state index contributed by atoms with van der Waals surface area (Å²) >= 11 is 0. The Kier molecular flexibility index (Phi) is 6.29. The molecule has 0 aliphatic heterocycles. The Labute approximate surface area is 102 Å². The van der Waals surface area contributed by atoms with Gasteiger partial charge in [0, 0.05) is 13.2 Å². The standard InChI is InChI=1S/C13H20N2O2/c1-11(14)13(16)15-8-5-9-17-10-12-6-3-2-4-7-12/h2-4,6-7,11H,5,8-10,14H2,1H3,(H,15,16)/t11-/m0/s1. The Morgan fingerprint density at radius 3 is 2.76 bits per heavy atom. The van der Waals surface area contributed by atoms with E-state index in [2.05, 4.69) is 5.32 Å². The van der Waals surface area contributed by atoms with E-state index < -0.39 is 6.04 Å². The molecular weight excluding hydrogens is 216 g/mol. The number of rotatable bonds is 7. The highest BCUT2D eigenvalue weighted by Gasteiger charge is 2.04. The lowest BCUT2D eigenvalue weighted by Crippen LogP contribution is -2.38. The van der Waals surface area contributed by atoms with Gasteiger partial charge in [-0.05, 0) is 18.9 Å². The van der Waals surface area contributed by atoms with Crippen LogP contribution in [0.1, 0.15) is 18.9 Å². The van der Waals surface area contributed by atoms with E-state index in [0.717, 1.165) is 12.0 Å². The number of hydrogen-bond acceptors (Lipinski definition) is 3. The second kappa shape index (κ2) is 7.81. The monoisotopic (exact) mass is 236 g/mol. The molecule has 4 nitrogen and oxygen atoms in total. The van der Waals surface area contributed by atoms with Gasteiger partial charge in [0.1, 0.15) is 0 Å². The average Bonchev–Trinajstić information content (AvgIpc) is 2.34. The summed E-state index contributed by atoms with van der Waals surface area (Å²) < 4.78 is 5.48. The fourth-order valence-electron chi connectivity index (χ4n) is 1.31. The topological polar surface area (TPSA) is 64.4 Å². The van der Waals surface area contributed by atoms with Crippen molar-refractivity contribution in [2.75, 3.05) is 13.2 Å². The van der Waals surface area contributed by atoms with E-state index in [9.17, 15) is 4.79 Å². The van der Waals surface area contributed by atoms with Crippen molar-refractivity contribution in [1.29, 1.82) is 0 Å². The average molecular weight is 236 g/mol. The molecule has 1 amide bonds. The molecule has 0 unspecified atom stereocenters. The van der Waals surface area contributed by atoms with Crippen LogP contribution in [0.2, 0.25) is 0 Å². The van der Waals surface area contributed by atoms with Crippen molar-refractivity contribution in [2.45, 2.75) is 26.0 Å². The molecule has 0 saturated heterocycles. The number of amides is 1. The van der Waals surface area contributed by atoms with Crippen LogP contribution >= 0.6 is 0 Å². The van der Waals surface area contributed by atoms with Crippen molar-refractivity contribution in [3.05, 3.63) is 35.9 Å². The zero-order chi connectivity index (χ0) is 12.5. The molecule has 0 radical (unpaired) electrons. The maximum Gasteiger partial charge on any atom is 0.236 e. The van der Waals surface area contributed by atoms with Gasteiger partial charge in [0.05, 0.1) is 12.6 Å². The van der Waals surface area contributed by atoms with Gasteiger partial charge in [0.2, 0.25) is 5.91 Å². The van der Waals surface area contributed by atoms with Gasteiger partial charge in [-0.15, -0.1) is 0 Å². The highest BCUT2D eigenvalue weighted by Crippen LogP contribution is 2.00. The SMILES string of the molecule is C[C@H](N)C(=O)NCCCOCc1ccccc1. The summed E-state index contributed by atoms with van der Waals surface area (Å²) in [5, 5.41) is 2.74. The molecular formula is C13H20N2O2.